The molecule has 0 aliphatic carbocycles. The molecule has 0 unspecified atom stereocenters. The third kappa shape index (κ3) is 6.35. The molecule has 2 fully saturated rings. The number of pyridine rings is 1. The number of amides is 2. The average molecular weight is 682 g/mol. The summed E-state index contributed by atoms with van der Waals surface area (Å²) in [5, 5.41) is 12.7. The van der Waals surface area contributed by atoms with Crippen LogP contribution in [0.3, 0.4) is 0 Å². The molecule has 7 rings (SSSR count). The minimum atomic E-state index is -1.13. The molecular weight excluding hydrogens is 643 g/mol. The number of benzene rings is 1. The zero-order valence-electron chi connectivity index (χ0n) is 27.8. The number of thiazole rings is 1. The maximum atomic E-state index is 14.2. The van der Waals surface area contributed by atoms with Crippen LogP contribution in [0.4, 0.5) is 0 Å². The quantitative estimate of drug-likeness (QED) is 0.274. The lowest BCUT2D eigenvalue weighted by Gasteiger charge is -2.43. The molecule has 2 saturated heterocycles. The van der Waals surface area contributed by atoms with Gasteiger partial charge < -0.3 is 24.2 Å². The predicted octanol–water partition coefficient (Wildman–Crippen LogP) is 3.87. The van der Waals surface area contributed by atoms with Crippen molar-refractivity contribution >= 4 is 34.2 Å². The van der Waals surface area contributed by atoms with Crippen LogP contribution in [0.5, 0.6) is 5.88 Å². The van der Waals surface area contributed by atoms with E-state index in [-0.39, 0.29) is 35.8 Å². The molecule has 0 saturated carbocycles. The van der Waals surface area contributed by atoms with E-state index in [0.717, 1.165) is 16.1 Å². The number of aryl methyl sites for hydroxylation is 2. The molecular formula is C36H39N7O5S. The molecule has 0 spiro atoms. The summed E-state index contributed by atoms with van der Waals surface area (Å²) in [5.41, 5.74) is 1.80. The molecule has 0 bridgehead atoms. The molecule has 2 aliphatic rings. The molecule has 1 N–H and O–H groups in total. The summed E-state index contributed by atoms with van der Waals surface area (Å²) >= 11 is 1.35. The molecule has 6 heterocycles. The van der Waals surface area contributed by atoms with Crippen LogP contribution in [0.25, 0.3) is 21.6 Å². The number of rotatable bonds is 7. The third-order valence-electron chi connectivity index (χ3n) is 9.95. The van der Waals surface area contributed by atoms with Crippen molar-refractivity contribution in [2.45, 2.75) is 44.2 Å². The number of piperidine rings is 2. The summed E-state index contributed by atoms with van der Waals surface area (Å²) in [7, 11) is 3.40. The second kappa shape index (κ2) is 13.2. The first-order valence-electron chi connectivity index (χ1n) is 16.5. The molecule has 2 amide bonds. The van der Waals surface area contributed by atoms with Crippen LogP contribution in [0.1, 0.15) is 46.1 Å². The van der Waals surface area contributed by atoms with Crippen molar-refractivity contribution in [2.24, 2.45) is 13.0 Å². The zero-order chi connectivity index (χ0) is 34.3. The highest BCUT2D eigenvalue weighted by Gasteiger charge is 2.42. The Hall–Kier alpha value is -4.88. The minimum absolute atomic E-state index is 0.0374. The Morgan fingerprint density at radius 3 is 2.59 bits per heavy atom. The van der Waals surface area contributed by atoms with Crippen molar-refractivity contribution in [3.63, 3.8) is 0 Å². The predicted molar refractivity (Wildman–Crippen MR) is 186 cm³/mol. The molecule has 254 valence electrons. The van der Waals surface area contributed by atoms with Gasteiger partial charge >= 0.3 is 0 Å². The Balaban J connectivity index is 1.05. The van der Waals surface area contributed by atoms with E-state index in [4.69, 9.17) is 9.72 Å². The van der Waals surface area contributed by atoms with Crippen molar-refractivity contribution < 1.29 is 19.4 Å². The van der Waals surface area contributed by atoms with Crippen molar-refractivity contribution in [2.75, 3.05) is 33.3 Å². The lowest BCUT2D eigenvalue weighted by molar-refractivity contribution is -0.142. The number of fused-ring (bicyclic) bond motifs is 1. The van der Waals surface area contributed by atoms with Gasteiger partial charge in [-0.2, -0.15) is 0 Å². The van der Waals surface area contributed by atoms with E-state index < -0.39 is 5.60 Å². The van der Waals surface area contributed by atoms with E-state index in [1.54, 1.807) is 36.2 Å². The maximum absolute atomic E-state index is 14.2. The molecule has 2 aliphatic heterocycles. The second-order valence-corrected chi connectivity index (χ2v) is 14.1. The van der Waals surface area contributed by atoms with Crippen molar-refractivity contribution in [3.8, 4) is 16.5 Å². The van der Waals surface area contributed by atoms with Gasteiger partial charge in [0, 0.05) is 69.1 Å². The van der Waals surface area contributed by atoms with Gasteiger partial charge in [0.1, 0.15) is 21.9 Å². The van der Waals surface area contributed by atoms with E-state index in [1.807, 2.05) is 60.2 Å². The number of ether oxygens (including phenoxy) is 1. The topological polar surface area (TPSA) is 136 Å². The van der Waals surface area contributed by atoms with Gasteiger partial charge in [-0.1, -0.05) is 30.3 Å². The smallest absolute Gasteiger partial charge is 0.265 e. The minimum Gasteiger partial charge on any atom is -0.481 e. The summed E-state index contributed by atoms with van der Waals surface area (Å²) in [4.78, 5) is 58.8. The standard InChI is InChI=1S/C36H39N7O5S/c1-23-30(49-32(39-23)25-9-14-37-29(19-25)48-3)35(46)42-16-11-26(28(20-42)24-7-5-4-6-8-24)33(44)41-17-12-36(47,13-18-41)21-43-22-38-31-27(34(43)45)10-15-40(31)2/h4-10,14-15,19,22,26,28,47H,11-13,16-18,20-21H2,1-3H3/t26-,28+/m1/s1. The van der Waals surface area contributed by atoms with E-state index in [0.29, 0.717) is 72.9 Å². The first-order chi connectivity index (χ1) is 23.6. The van der Waals surface area contributed by atoms with Crippen LogP contribution >= 0.6 is 11.3 Å². The van der Waals surface area contributed by atoms with E-state index in [1.165, 1.54) is 22.2 Å². The van der Waals surface area contributed by atoms with Gasteiger partial charge in [-0.25, -0.2) is 15.0 Å². The van der Waals surface area contributed by atoms with Crippen LogP contribution in [0.15, 0.2) is 72.0 Å². The zero-order valence-corrected chi connectivity index (χ0v) is 28.6. The van der Waals surface area contributed by atoms with E-state index in [2.05, 4.69) is 9.97 Å². The Bertz CT molecular complexity index is 2060. The normalized spacial score (nSPS) is 19.3. The van der Waals surface area contributed by atoms with E-state index >= 15 is 0 Å². The van der Waals surface area contributed by atoms with Crippen LogP contribution in [-0.4, -0.2) is 89.7 Å². The summed E-state index contributed by atoms with van der Waals surface area (Å²) < 4.78 is 8.53. The van der Waals surface area contributed by atoms with Gasteiger partial charge in [-0.15, -0.1) is 11.3 Å². The number of methoxy groups -OCH3 is 1. The fraction of sp³-hybridized carbons (Fsp3) is 0.389. The maximum Gasteiger partial charge on any atom is 0.265 e. The molecule has 13 heteroatoms. The number of aromatic nitrogens is 5. The van der Waals surface area contributed by atoms with Crippen LogP contribution in [0, 0.1) is 12.8 Å². The Morgan fingerprint density at radius 2 is 1.84 bits per heavy atom. The molecule has 2 atom stereocenters. The fourth-order valence-corrected chi connectivity index (χ4v) is 8.16. The Morgan fingerprint density at radius 1 is 1.06 bits per heavy atom. The fourth-order valence-electron chi connectivity index (χ4n) is 7.13. The first-order valence-corrected chi connectivity index (χ1v) is 17.3. The molecule has 1 aromatic carbocycles. The average Bonchev–Trinajstić information content (AvgIpc) is 3.71. The van der Waals surface area contributed by atoms with Crippen molar-refractivity contribution in [1.29, 1.82) is 0 Å². The number of likely N-dealkylation sites (tertiary alicyclic amines) is 2. The van der Waals surface area contributed by atoms with Gasteiger partial charge in [-0.05, 0) is 43.9 Å². The van der Waals surface area contributed by atoms with Gasteiger partial charge in [0.25, 0.3) is 11.5 Å². The van der Waals surface area contributed by atoms with Gasteiger partial charge in [0.2, 0.25) is 11.8 Å². The van der Waals surface area contributed by atoms with Crippen LogP contribution in [-0.2, 0) is 18.4 Å². The largest absolute Gasteiger partial charge is 0.481 e. The first kappa shape index (κ1) is 32.7. The number of hydrogen-bond acceptors (Lipinski definition) is 9. The number of hydrogen-bond donors (Lipinski definition) is 1. The highest BCUT2D eigenvalue weighted by atomic mass is 32.1. The van der Waals surface area contributed by atoms with Gasteiger partial charge in [0.05, 0.1) is 30.3 Å². The number of carbonyl (C=O) groups excluding carboxylic acids is 2. The summed E-state index contributed by atoms with van der Waals surface area (Å²) in [5.74, 6) is -0.0725. The monoisotopic (exact) mass is 681 g/mol. The molecule has 5 aromatic rings. The Labute approximate surface area is 287 Å². The number of nitrogens with zero attached hydrogens (tertiary/aromatic N) is 7. The van der Waals surface area contributed by atoms with Crippen molar-refractivity contribution in [1.82, 2.24) is 33.9 Å². The lowest BCUT2D eigenvalue weighted by Crippen LogP contribution is -2.53. The summed E-state index contributed by atoms with van der Waals surface area (Å²) in [6.07, 6.45) is 6.16. The van der Waals surface area contributed by atoms with Crippen LogP contribution in [0.2, 0.25) is 0 Å². The molecule has 49 heavy (non-hydrogen) atoms. The lowest BCUT2D eigenvalue weighted by atomic mass is 9.79. The van der Waals surface area contributed by atoms with Crippen molar-refractivity contribution in [3.05, 3.63) is 93.7 Å². The molecule has 4 aromatic heterocycles. The molecule has 0 radical (unpaired) electrons. The molecule has 12 nitrogen and oxygen atoms in total. The Kier molecular flexibility index (Phi) is 8.80. The second-order valence-electron chi connectivity index (χ2n) is 13.1. The third-order valence-corrected chi connectivity index (χ3v) is 11.1. The highest BCUT2D eigenvalue weighted by molar-refractivity contribution is 7.17. The highest BCUT2D eigenvalue weighted by Crippen LogP contribution is 2.37. The van der Waals surface area contributed by atoms with Crippen LogP contribution < -0.4 is 10.3 Å². The van der Waals surface area contributed by atoms with Gasteiger partial charge in [-0.3, -0.25) is 19.0 Å². The van der Waals surface area contributed by atoms with Gasteiger partial charge in [0.15, 0.2) is 0 Å². The summed E-state index contributed by atoms with van der Waals surface area (Å²) in [6.45, 7) is 3.59. The number of carbonyl (C=O) groups is 2. The SMILES string of the molecule is COc1cc(-c2nc(C)c(C(=O)N3CC[C@@H](C(=O)N4CCC(O)(Cn5cnc6c(ccn6C)c5=O)CC4)[C@H](c4ccccc4)C3)s2)ccn1. The van der Waals surface area contributed by atoms with E-state index in [9.17, 15) is 19.5 Å². The number of aliphatic hydroxyl groups is 1. The summed E-state index contributed by atoms with van der Waals surface area (Å²) in [6, 6.07) is 15.3.